The Kier molecular flexibility index (Phi) is 3.41. The van der Waals surface area contributed by atoms with E-state index in [0.717, 1.165) is 28.5 Å². The second-order valence-corrected chi connectivity index (χ2v) is 6.78. The number of aryl methyl sites for hydroxylation is 1. The summed E-state index contributed by atoms with van der Waals surface area (Å²) in [6.07, 6.45) is 0.746. The molecule has 2 aromatic carbocycles. The molecule has 3 aromatic rings. The van der Waals surface area contributed by atoms with E-state index in [4.69, 9.17) is 0 Å². The normalized spacial score (nSPS) is 23.2. The minimum Gasteiger partial charge on any atom is -0.347 e. The lowest BCUT2D eigenvalue weighted by Crippen LogP contribution is -2.39. The summed E-state index contributed by atoms with van der Waals surface area (Å²) in [6, 6.07) is 17.6. The number of hydrogen-bond acceptors (Lipinski definition) is 2. The summed E-state index contributed by atoms with van der Waals surface area (Å²) >= 11 is 0. The van der Waals surface area contributed by atoms with Crippen LogP contribution >= 0.6 is 0 Å². The van der Waals surface area contributed by atoms with Crippen LogP contribution in [-0.4, -0.2) is 15.5 Å². The second-order valence-electron chi connectivity index (χ2n) is 6.78. The van der Waals surface area contributed by atoms with Crippen molar-refractivity contribution in [1.82, 2.24) is 4.57 Å². The highest BCUT2D eigenvalue weighted by Gasteiger charge is 2.45. The van der Waals surface area contributed by atoms with Crippen LogP contribution in [0.3, 0.4) is 0 Å². The quantitative estimate of drug-likeness (QED) is 0.526. The molecule has 0 radical (unpaired) electrons. The maximum absolute atomic E-state index is 11.9. The van der Waals surface area contributed by atoms with Crippen molar-refractivity contribution in [1.29, 1.82) is 0 Å². The Hall–Kier alpha value is -2.62. The molecule has 4 heteroatoms. The molecule has 0 bridgehead atoms. The number of rotatable bonds is 2. The molecule has 0 unspecified atom stereocenters. The van der Waals surface area contributed by atoms with E-state index >= 15 is 0 Å². The number of para-hydroxylation sites is 1. The van der Waals surface area contributed by atoms with E-state index < -0.39 is 6.04 Å². The van der Waals surface area contributed by atoms with Gasteiger partial charge in [-0.3, -0.25) is 10.1 Å². The molecule has 4 rings (SSSR count). The third kappa shape index (κ3) is 2.06. The zero-order chi connectivity index (χ0) is 16.8. The molecule has 1 aliphatic carbocycles. The van der Waals surface area contributed by atoms with E-state index in [1.54, 1.807) is 0 Å². The summed E-state index contributed by atoms with van der Waals surface area (Å²) in [4.78, 5) is 11.8. The van der Waals surface area contributed by atoms with Gasteiger partial charge in [0.1, 0.15) is 0 Å². The Balaban J connectivity index is 2.05. The first-order chi connectivity index (χ1) is 11.6. The molecule has 122 valence electrons. The fourth-order valence-corrected chi connectivity index (χ4v) is 4.35. The number of fused-ring (bicyclic) bond motifs is 3. The zero-order valence-electron chi connectivity index (χ0n) is 13.8. The van der Waals surface area contributed by atoms with Crippen LogP contribution in [0.15, 0.2) is 54.6 Å². The molecule has 0 fully saturated rings. The van der Waals surface area contributed by atoms with Crippen LogP contribution < -0.4 is 0 Å². The van der Waals surface area contributed by atoms with Crippen molar-refractivity contribution in [2.45, 2.75) is 25.3 Å². The minimum absolute atomic E-state index is 0.000665. The summed E-state index contributed by atoms with van der Waals surface area (Å²) in [5.74, 6) is -0.202. The number of aromatic nitrogens is 1. The third-order valence-corrected chi connectivity index (χ3v) is 5.42. The van der Waals surface area contributed by atoms with Gasteiger partial charge in [0.15, 0.2) is 0 Å². The molecule has 1 aromatic heterocycles. The van der Waals surface area contributed by atoms with Gasteiger partial charge in [-0.25, -0.2) is 0 Å². The van der Waals surface area contributed by atoms with Gasteiger partial charge >= 0.3 is 0 Å². The Morgan fingerprint density at radius 3 is 2.46 bits per heavy atom. The number of hydrogen-bond donors (Lipinski definition) is 0. The SMILES string of the molecule is C[C@H]1Cc2c(c3ccccc3n2C)[C@@H](c2ccccc2)[C@@H]1[N+](=O)[O-]. The molecule has 1 heterocycles. The standard InChI is InChI=1S/C20H20N2O2/c1-13-12-17-19(15-10-6-7-11-16(15)21(17)2)18(20(13)22(23)24)14-8-4-3-5-9-14/h3-11,13,18,20H,12H2,1-2H3/t13-,18+,20+/m0/s1. The van der Waals surface area contributed by atoms with Crippen LogP contribution in [0.2, 0.25) is 0 Å². The topological polar surface area (TPSA) is 48.1 Å². The van der Waals surface area contributed by atoms with Gasteiger partial charge in [0, 0.05) is 34.5 Å². The second kappa shape index (κ2) is 5.48. The maximum Gasteiger partial charge on any atom is 0.226 e. The van der Waals surface area contributed by atoms with E-state index in [1.165, 1.54) is 5.69 Å². The first-order valence-corrected chi connectivity index (χ1v) is 8.34. The molecular weight excluding hydrogens is 300 g/mol. The molecule has 0 aliphatic heterocycles. The summed E-state index contributed by atoms with van der Waals surface area (Å²) in [6.45, 7) is 2.00. The molecule has 0 spiro atoms. The average molecular weight is 320 g/mol. The first kappa shape index (κ1) is 14.9. The Morgan fingerprint density at radius 1 is 1.08 bits per heavy atom. The van der Waals surface area contributed by atoms with Crippen molar-refractivity contribution in [2.24, 2.45) is 13.0 Å². The smallest absolute Gasteiger partial charge is 0.226 e. The van der Waals surface area contributed by atoms with Gasteiger partial charge in [-0.1, -0.05) is 55.5 Å². The minimum atomic E-state index is -0.592. The lowest BCUT2D eigenvalue weighted by atomic mass is 9.72. The predicted octanol–water partition coefficient (Wildman–Crippen LogP) is 4.15. The van der Waals surface area contributed by atoms with Crippen LogP contribution in [0.25, 0.3) is 10.9 Å². The highest BCUT2D eigenvalue weighted by Crippen LogP contribution is 2.45. The van der Waals surface area contributed by atoms with Crippen molar-refractivity contribution in [3.63, 3.8) is 0 Å². The van der Waals surface area contributed by atoms with Gasteiger partial charge in [0.05, 0.1) is 5.92 Å². The Bertz CT molecular complexity index is 914. The summed E-state index contributed by atoms with van der Waals surface area (Å²) in [5.41, 5.74) is 4.55. The molecule has 24 heavy (non-hydrogen) atoms. The average Bonchev–Trinajstić information content (AvgIpc) is 2.87. The van der Waals surface area contributed by atoms with E-state index in [9.17, 15) is 10.1 Å². The molecule has 3 atom stereocenters. The maximum atomic E-state index is 11.9. The van der Waals surface area contributed by atoms with Crippen molar-refractivity contribution in [3.8, 4) is 0 Å². The monoisotopic (exact) mass is 320 g/mol. The fraction of sp³-hybridized carbons (Fsp3) is 0.300. The van der Waals surface area contributed by atoms with E-state index in [-0.39, 0.29) is 16.8 Å². The van der Waals surface area contributed by atoms with Crippen LogP contribution in [0.1, 0.15) is 29.7 Å². The molecule has 1 aliphatic rings. The molecule has 0 N–H and O–H groups in total. The van der Waals surface area contributed by atoms with Gasteiger partial charge < -0.3 is 4.57 Å². The molecule has 0 saturated carbocycles. The Labute approximate surface area is 140 Å². The van der Waals surface area contributed by atoms with Crippen molar-refractivity contribution in [2.75, 3.05) is 0 Å². The van der Waals surface area contributed by atoms with Gasteiger partial charge in [-0.05, 0) is 23.6 Å². The van der Waals surface area contributed by atoms with Crippen LogP contribution in [0.5, 0.6) is 0 Å². The predicted molar refractivity (Wildman–Crippen MR) is 94.9 cm³/mol. The van der Waals surface area contributed by atoms with Crippen molar-refractivity contribution in [3.05, 3.63) is 81.5 Å². The van der Waals surface area contributed by atoms with Crippen LogP contribution in [0.4, 0.5) is 0 Å². The van der Waals surface area contributed by atoms with E-state index in [1.807, 2.05) is 49.4 Å². The van der Waals surface area contributed by atoms with Crippen LogP contribution in [-0.2, 0) is 13.5 Å². The molecule has 0 amide bonds. The third-order valence-electron chi connectivity index (χ3n) is 5.42. The lowest BCUT2D eigenvalue weighted by Gasteiger charge is -2.32. The van der Waals surface area contributed by atoms with Crippen molar-refractivity contribution < 1.29 is 4.92 Å². The summed E-state index contributed by atoms with van der Waals surface area (Å²) < 4.78 is 2.22. The van der Waals surface area contributed by atoms with Gasteiger partial charge in [0.2, 0.25) is 6.04 Å². The van der Waals surface area contributed by atoms with Gasteiger partial charge in [0.25, 0.3) is 0 Å². The molecular formula is C20H20N2O2. The summed E-state index contributed by atoms with van der Waals surface area (Å²) in [7, 11) is 2.07. The largest absolute Gasteiger partial charge is 0.347 e. The number of nitro groups is 1. The highest BCUT2D eigenvalue weighted by atomic mass is 16.6. The van der Waals surface area contributed by atoms with Gasteiger partial charge in [-0.15, -0.1) is 0 Å². The molecule has 0 saturated heterocycles. The van der Waals surface area contributed by atoms with Crippen LogP contribution in [0, 0.1) is 16.0 Å². The van der Waals surface area contributed by atoms with E-state index in [2.05, 4.69) is 23.7 Å². The summed E-state index contributed by atoms with van der Waals surface area (Å²) in [5, 5.41) is 13.0. The van der Waals surface area contributed by atoms with Gasteiger partial charge in [-0.2, -0.15) is 0 Å². The number of benzene rings is 2. The van der Waals surface area contributed by atoms with E-state index in [0.29, 0.717) is 0 Å². The number of nitrogens with zero attached hydrogens (tertiary/aromatic N) is 2. The Morgan fingerprint density at radius 2 is 1.75 bits per heavy atom. The first-order valence-electron chi connectivity index (χ1n) is 8.34. The zero-order valence-corrected chi connectivity index (χ0v) is 13.8. The fourth-order valence-electron chi connectivity index (χ4n) is 4.35. The highest BCUT2D eigenvalue weighted by molar-refractivity contribution is 5.87. The van der Waals surface area contributed by atoms with Crippen molar-refractivity contribution >= 4 is 10.9 Å². The molecule has 4 nitrogen and oxygen atoms in total. The lowest BCUT2D eigenvalue weighted by molar-refractivity contribution is -0.535.